The van der Waals surface area contributed by atoms with Crippen molar-refractivity contribution in [3.63, 3.8) is 0 Å². The van der Waals surface area contributed by atoms with Crippen molar-refractivity contribution < 1.29 is 9.53 Å². The number of nitriles is 1. The Morgan fingerprint density at radius 2 is 2.04 bits per heavy atom. The summed E-state index contributed by atoms with van der Waals surface area (Å²) in [7, 11) is 0. The highest BCUT2D eigenvalue weighted by Crippen LogP contribution is 2.54. The van der Waals surface area contributed by atoms with Gasteiger partial charge in [0.05, 0.1) is 5.56 Å². The van der Waals surface area contributed by atoms with Gasteiger partial charge in [-0.05, 0) is 6.07 Å². The molecule has 7 nitrogen and oxygen atoms in total. The van der Waals surface area contributed by atoms with Crippen LogP contribution in [0, 0.1) is 11.3 Å². The number of aromatic nitrogens is 2. The molecule has 7 heteroatoms. The van der Waals surface area contributed by atoms with Crippen LogP contribution in [0.2, 0.25) is 0 Å². The van der Waals surface area contributed by atoms with Crippen LogP contribution in [0.1, 0.15) is 37.6 Å². The molecule has 4 N–H and O–H groups in total. The largest absolute Gasteiger partial charge is 0.420 e. The number of H-pyrrole nitrogens is 1. The van der Waals surface area contributed by atoms with Gasteiger partial charge >= 0.3 is 0 Å². The Hall–Kier alpha value is -3.27. The van der Waals surface area contributed by atoms with Crippen LogP contribution >= 0.6 is 0 Å². The van der Waals surface area contributed by atoms with Crippen LogP contribution in [0.25, 0.3) is 0 Å². The first-order valence-corrected chi connectivity index (χ1v) is 7.90. The van der Waals surface area contributed by atoms with Gasteiger partial charge < -0.3 is 15.8 Å². The molecule has 1 atom stereocenters. The number of nitrogens with zero attached hydrogens (tertiary/aromatic N) is 2. The minimum Gasteiger partial charge on any atom is -0.420 e. The van der Waals surface area contributed by atoms with Crippen LogP contribution in [0.4, 0.5) is 5.69 Å². The Morgan fingerprint density at radius 3 is 2.72 bits per heavy atom. The Labute approximate surface area is 144 Å². The number of nitrogens with one attached hydrogen (secondary N) is 2. The van der Waals surface area contributed by atoms with Gasteiger partial charge in [0, 0.05) is 22.4 Å². The van der Waals surface area contributed by atoms with E-state index in [2.05, 4.69) is 21.6 Å². The smallest absolute Gasteiger partial charge is 0.245 e. The number of hydrogen-bond donors (Lipinski definition) is 3. The molecule has 126 valence electrons. The van der Waals surface area contributed by atoms with E-state index in [1.807, 2.05) is 39.0 Å². The number of amides is 1. The zero-order chi connectivity index (χ0) is 18.0. The molecule has 1 aromatic heterocycles. The molecular weight excluding hydrogens is 318 g/mol. The molecule has 0 saturated carbocycles. The van der Waals surface area contributed by atoms with Gasteiger partial charge in [0.1, 0.15) is 17.1 Å². The van der Waals surface area contributed by atoms with Gasteiger partial charge in [-0.1, -0.05) is 39.0 Å². The number of hydrogen-bond acceptors (Lipinski definition) is 5. The van der Waals surface area contributed by atoms with Gasteiger partial charge in [-0.3, -0.25) is 9.89 Å². The number of ether oxygens (including phenoxy) is 1. The average Bonchev–Trinajstić information content (AvgIpc) is 3.08. The number of carbonyl (C=O) groups excluding carboxylic acids is 1. The number of aromatic amines is 1. The molecule has 1 amide bonds. The topological polar surface area (TPSA) is 117 Å². The fraction of sp³-hybridized carbons (Fsp3) is 0.278. The molecule has 0 aliphatic carbocycles. The molecular formula is C18H17N5O2. The van der Waals surface area contributed by atoms with Gasteiger partial charge in [0.2, 0.25) is 17.7 Å². The molecule has 0 fully saturated rings. The van der Waals surface area contributed by atoms with E-state index in [4.69, 9.17) is 10.5 Å². The van der Waals surface area contributed by atoms with Crippen molar-refractivity contribution in [3.05, 3.63) is 52.5 Å². The van der Waals surface area contributed by atoms with Crippen molar-refractivity contribution >= 4 is 11.6 Å². The molecule has 4 rings (SSSR count). The lowest BCUT2D eigenvalue weighted by Crippen LogP contribution is -2.43. The van der Waals surface area contributed by atoms with Crippen molar-refractivity contribution in [2.75, 3.05) is 5.32 Å². The third-order valence-corrected chi connectivity index (χ3v) is 4.72. The highest BCUT2D eigenvalue weighted by molar-refractivity contribution is 6.12. The SMILES string of the molecule is CC(C)(C)c1[nH]nc2c1[C@@]1(C(=O)Nc3ccccc31)C(C#N)=C(N)O2. The van der Waals surface area contributed by atoms with Gasteiger partial charge in [-0.2, -0.15) is 5.26 Å². The summed E-state index contributed by atoms with van der Waals surface area (Å²) in [6, 6.07) is 9.39. The average molecular weight is 335 g/mol. The number of rotatable bonds is 0. The van der Waals surface area contributed by atoms with Crippen LogP contribution in [-0.4, -0.2) is 16.1 Å². The molecule has 0 bridgehead atoms. The first-order chi connectivity index (χ1) is 11.8. The summed E-state index contributed by atoms with van der Waals surface area (Å²) in [4.78, 5) is 13.2. The monoisotopic (exact) mass is 335 g/mol. The number of fused-ring (bicyclic) bond motifs is 4. The Kier molecular flexibility index (Phi) is 2.83. The summed E-state index contributed by atoms with van der Waals surface area (Å²) in [5, 5.41) is 19.9. The fourth-order valence-electron chi connectivity index (χ4n) is 3.65. The summed E-state index contributed by atoms with van der Waals surface area (Å²) >= 11 is 0. The summed E-state index contributed by atoms with van der Waals surface area (Å²) in [6.45, 7) is 6.00. The van der Waals surface area contributed by atoms with Crippen molar-refractivity contribution in [1.82, 2.24) is 10.2 Å². The third-order valence-electron chi connectivity index (χ3n) is 4.72. The molecule has 0 saturated heterocycles. The minimum absolute atomic E-state index is 0.0781. The zero-order valence-corrected chi connectivity index (χ0v) is 14.1. The summed E-state index contributed by atoms with van der Waals surface area (Å²) in [5.41, 5.74) is 6.98. The van der Waals surface area contributed by atoms with E-state index in [0.717, 1.165) is 5.69 Å². The van der Waals surface area contributed by atoms with E-state index in [1.165, 1.54) is 0 Å². The van der Waals surface area contributed by atoms with Gasteiger partial charge in [0.25, 0.3) is 0 Å². The predicted molar refractivity (Wildman–Crippen MR) is 90.6 cm³/mol. The molecule has 0 unspecified atom stereocenters. The molecule has 2 aromatic rings. The van der Waals surface area contributed by atoms with Crippen LogP contribution in [-0.2, 0) is 15.6 Å². The minimum atomic E-state index is -1.36. The number of nitrogens with two attached hydrogens (primary N) is 1. The third kappa shape index (κ3) is 1.74. The normalized spacial score (nSPS) is 21.4. The lowest BCUT2D eigenvalue weighted by molar-refractivity contribution is -0.118. The maximum absolute atomic E-state index is 13.2. The number of para-hydroxylation sites is 1. The quantitative estimate of drug-likeness (QED) is 0.681. The molecule has 1 spiro atoms. The van der Waals surface area contributed by atoms with E-state index >= 15 is 0 Å². The standard InChI is InChI=1S/C18H17N5O2/c1-17(2,3)13-12-15(23-22-13)25-14(20)10(8-19)18(12)9-6-4-5-7-11(9)21-16(18)24/h4-7H,20H2,1-3H3,(H,21,24)(H,22,23)/t18-/m0/s1. The highest BCUT2D eigenvalue weighted by atomic mass is 16.5. The van der Waals surface area contributed by atoms with E-state index in [-0.39, 0.29) is 28.7 Å². The highest BCUT2D eigenvalue weighted by Gasteiger charge is 2.59. The van der Waals surface area contributed by atoms with E-state index in [0.29, 0.717) is 16.8 Å². The second-order valence-electron chi connectivity index (χ2n) is 7.23. The van der Waals surface area contributed by atoms with E-state index < -0.39 is 5.41 Å². The second-order valence-corrected chi connectivity index (χ2v) is 7.23. The van der Waals surface area contributed by atoms with Crippen molar-refractivity contribution in [2.45, 2.75) is 31.6 Å². The molecule has 2 aliphatic heterocycles. The van der Waals surface area contributed by atoms with Gasteiger partial charge in [0.15, 0.2) is 0 Å². The van der Waals surface area contributed by atoms with Gasteiger partial charge in [-0.25, -0.2) is 0 Å². The first kappa shape index (κ1) is 15.3. The maximum Gasteiger partial charge on any atom is 0.245 e. The molecule has 0 radical (unpaired) electrons. The van der Waals surface area contributed by atoms with E-state index in [9.17, 15) is 10.1 Å². The molecule has 25 heavy (non-hydrogen) atoms. The molecule has 1 aromatic carbocycles. The Morgan fingerprint density at radius 1 is 1.32 bits per heavy atom. The zero-order valence-electron chi connectivity index (χ0n) is 14.1. The van der Waals surface area contributed by atoms with Crippen molar-refractivity contribution in [1.29, 1.82) is 5.26 Å². The number of benzene rings is 1. The summed E-state index contributed by atoms with van der Waals surface area (Å²) < 4.78 is 5.57. The molecule has 2 aliphatic rings. The summed E-state index contributed by atoms with van der Waals surface area (Å²) in [5.74, 6) is -0.202. The van der Waals surface area contributed by atoms with Crippen LogP contribution in [0.15, 0.2) is 35.7 Å². The van der Waals surface area contributed by atoms with Crippen LogP contribution < -0.4 is 15.8 Å². The van der Waals surface area contributed by atoms with Crippen LogP contribution in [0.5, 0.6) is 5.88 Å². The molecule has 3 heterocycles. The predicted octanol–water partition coefficient (Wildman–Crippen LogP) is 2.03. The lowest BCUT2D eigenvalue weighted by Gasteiger charge is -2.33. The Balaban J connectivity index is 2.17. The summed E-state index contributed by atoms with van der Waals surface area (Å²) in [6.07, 6.45) is 0. The van der Waals surface area contributed by atoms with E-state index in [1.54, 1.807) is 6.07 Å². The second kappa shape index (κ2) is 4.63. The number of carbonyl (C=O) groups is 1. The van der Waals surface area contributed by atoms with Gasteiger partial charge in [-0.15, -0.1) is 5.10 Å². The lowest BCUT2D eigenvalue weighted by atomic mass is 9.67. The van der Waals surface area contributed by atoms with Crippen molar-refractivity contribution in [3.8, 4) is 11.9 Å². The van der Waals surface area contributed by atoms with Crippen molar-refractivity contribution in [2.24, 2.45) is 5.73 Å². The van der Waals surface area contributed by atoms with Crippen LogP contribution in [0.3, 0.4) is 0 Å². The first-order valence-electron chi connectivity index (χ1n) is 7.90. The maximum atomic E-state index is 13.2. The fourth-order valence-corrected chi connectivity index (χ4v) is 3.65. The number of anilines is 1. The Bertz CT molecular complexity index is 990.